The predicted octanol–water partition coefficient (Wildman–Crippen LogP) is 3.74. The topological polar surface area (TPSA) is 59.3 Å². The van der Waals surface area contributed by atoms with Crippen LogP contribution >= 0.6 is 0 Å². The van der Waals surface area contributed by atoms with Crippen LogP contribution in [0, 0.1) is 23.2 Å². The second-order valence-corrected chi connectivity index (χ2v) is 11.9. The molecule has 0 radical (unpaired) electrons. The van der Waals surface area contributed by atoms with Gasteiger partial charge in [0.15, 0.2) is 8.32 Å². The van der Waals surface area contributed by atoms with Crippen LogP contribution in [-0.4, -0.2) is 27.5 Å². The van der Waals surface area contributed by atoms with E-state index >= 15 is 0 Å². The first-order chi connectivity index (χ1) is 8.96. The predicted molar refractivity (Wildman–Crippen MR) is 82.6 cm³/mol. The first-order valence-electron chi connectivity index (χ1n) is 7.11. The fraction of sp³-hybridized carbons (Fsp3) is 0.867. The zero-order valence-corrected chi connectivity index (χ0v) is 15.1. The molecule has 0 fully saturated rings. The zero-order valence-electron chi connectivity index (χ0n) is 14.1. The van der Waals surface area contributed by atoms with E-state index in [2.05, 4.69) is 39.9 Å². The molecule has 0 saturated carbocycles. The molecule has 0 rings (SSSR count). The maximum absolute atomic E-state index is 11.8. The number of nitriles is 1. The van der Waals surface area contributed by atoms with Gasteiger partial charge in [0.1, 0.15) is 6.10 Å². The lowest BCUT2D eigenvalue weighted by atomic mass is 9.90. The van der Waals surface area contributed by atoms with Gasteiger partial charge in [-0.1, -0.05) is 34.6 Å². The second kappa shape index (κ2) is 7.23. The molecule has 0 aliphatic carbocycles. The van der Waals surface area contributed by atoms with E-state index in [1.54, 1.807) is 0 Å². The molecule has 0 aromatic rings. The molecule has 0 heterocycles. The van der Waals surface area contributed by atoms with Crippen molar-refractivity contribution in [3.05, 3.63) is 0 Å². The highest BCUT2D eigenvalue weighted by Crippen LogP contribution is 2.38. The van der Waals surface area contributed by atoms with E-state index < -0.39 is 14.4 Å². The molecular formula is C15H29NO3Si. The van der Waals surface area contributed by atoms with Crippen LogP contribution < -0.4 is 0 Å². The molecule has 0 saturated heterocycles. The summed E-state index contributed by atoms with van der Waals surface area (Å²) in [6.45, 7) is 14.5. The molecule has 0 bridgehead atoms. The lowest BCUT2D eigenvalue weighted by Crippen LogP contribution is -2.44. The summed E-state index contributed by atoms with van der Waals surface area (Å²) in [5.41, 5.74) is 0. The number of rotatable bonds is 6. The van der Waals surface area contributed by atoms with Gasteiger partial charge in [0.2, 0.25) is 0 Å². The Morgan fingerprint density at radius 3 is 2.10 bits per heavy atom. The molecule has 0 spiro atoms. The molecule has 0 aliphatic heterocycles. The van der Waals surface area contributed by atoms with Gasteiger partial charge in [0.05, 0.1) is 19.1 Å². The molecule has 20 heavy (non-hydrogen) atoms. The van der Waals surface area contributed by atoms with Crippen molar-refractivity contribution < 1.29 is 14.0 Å². The molecule has 0 aromatic heterocycles. The number of carbonyl (C=O) groups excluding carboxylic acids is 1. The maximum Gasteiger partial charge on any atom is 0.309 e. The summed E-state index contributed by atoms with van der Waals surface area (Å²) < 4.78 is 10.9. The van der Waals surface area contributed by atoms with Crippen molar-refractivity contribution in [2.24, 2.45) is 11.8 Å². The van der Waals surface area contributed by atoms with Gasteiger partial charge in [0.25, 0.3) is 0 Å². The Bertz CT molecular complexity index is 366. The largest absolute Gasteiger partial charge is 0.469 e. The molecule has 0 amide bonds. The highest BCUT2D eigenvalue weighted by Gasteiger charge is 2.40. The van der Waals surface area contributed by atoms with Gasteiger partial charge in [-0.25, -0.2) is 0 Å². The number of hydrogen-bond donors (Lipinski definition) is 0. The highest BCUT2D eigenvalue weighted by molar-refractivity contribution is 6.74. The minimum Gasteiger partial charge on any atom is -0.469 e. The van der Waals surface area contributed by atoms with E-state index in [1.807, 2.05) is 13.8 Å². The summed E-state index contributed by atoms with van der Waals surface area (Å²) in [4.78, 5) is 11.8. The highest BCUT2D eigenvalue weighted by atomic mass is 28.4. The Morgan fingerprint density at radius 1 is 1.30 bits per heavy atom. The molecule has 4 nitrogen and oxygen atoms in total. The fourth-order valence-electron chi connectivity index (χ4n) is 1.68. The van der Waals surface area contributed by atoms with Gasteiger partial charge < -0.3 is 9.16 Å². The maximum atomic E-state index is 11.8. The third kappa shape index (κ3) is 5.26. The molecule has 2 atom stereocenters. The van der Waals surface area contributed by atoms with Crippen LogP contribution in [0.3, 0.4) is 0 Å². The van der Waals surface area contributed by atoms with Gasteiger partial charge in [-0.2, -0.15) is 5.26 Å². The number of esters is 1. The Morgan fingerprint density at radius 2 is 1.80 bits per heavy atom. The first kappa shape index (κ1) is 19.1. The minimum atomic E-state index is -2.01. The van der Waals surface area contributed by atoms with Gasteiger partial charge in [-0.05, 0) is 30.5 Å². The van der Waals surface area contributed by atoms with E-state index in [9.17, 15) is 10.1 Å². The first-order valence-corrected chi connectivity index (χ1v) is 10.0. The number of carbonyl (C=O) groups is 1. The Labute approximate surface area is 124 Å². The fourth-order valence-corrected chi connectivity index (χ4v) is 2.90. The average molecular weight is 299 g/mol. The minimum absolute atomic E-state index is 0.0424. The van der Waals surface area contributed by atoms with Gasteiger partial charge in [-0.3, -0.25) is 4.79 Å². The van der Waals surface area contributed by atoms with Crippen LogP contribution in [0.15, 0.2) is 0 Å². The van der Waals surface area contributed by atoms with E-state index in [4.69, 9.17) is 9.16 Å². The third-order valence-electron chi connectivity index (χ3n) is 4.16. The van der Waals surface area contributed by atoms with E-state index in [0.29, 0.717) is 6.42 Å². The molecule has 0 aliphatic rings. The van der Waals surface area contributed by atoms with Crippen LogP contribution in [-0.2, 0) is 14.0 Å². The zero-order chi connectivity index (χ0) is 16.1. The lowest BCUT2D eigenvalue weighted by molar-refractivity contribution is -0.147. The summed E-state index contributed by atoms with van der Waals surface area (Å²) in [6.07, 6.45) is -0.157. The van der Waals surface area contributed by atoms with Gasteiger partial charge in [0, 0.05) is 0 Å². The van der Waals surface area contributed by atoms with Crippen molar-refractivity contribution in [1.29, 1.82) is 5.26 Å². The van der Waals surface area contributed by atoms with E-state index in [1.165, 1.54) is 7.11 Å². The number of ether oxygens (including phenoxy) is 1. The number of hydrogen-bond acceptors (Lipinski definition) is 4. The summed E-state index contributed by atoms with van der Waals surface area (Å²) >= 11 is 0. The van der Waals surface area contributed by atoms with Crippen molar-refractivity contribution in [2.45, 2.75) is 65.3 Å². The summed E-state index contributed by atoms with van der Waals surface area (Å²) in [6, 6.07) is 2.20. The van der Waals surface area contributed by atoms with Crippen molar-refractivity contribution in [2.75, 3.05) is 7.11 Å². The molecule has 5 heteroatoms. The second-order valence-electron chi connectivity index (χ2n) is 7.11. The van der Waals surface area contributed by atoms with Crippen molar-refractivity contribution >= 4 is 14.3 Å². The Hall–Kier alpha value is -0.863. The molecule has 116 valence electrons. The van der Waals surface area contributed by atoms with E-state index in [0.717, 1.165) is 0 Å². The standard InChI is InChI=1S/C15H29NO3Si/c1-11(2)13(14(17)18-6)9-12(10-16)19-20(7,8)15(3,4)5/h11-13H,9H2,1-8H3/t12-,13-/m0/s1. The normalized spacial score (nSPS) is 15.6. The van der Waals surface area contributed by atoms with Crippen molar-refractivity contribution in [1.82, 2.24) is 0 Å². The lowest BCUT2D eigenvalue weighted by Gasteiger charge is -2.38. The van der Waals surface area contributed by atoms with Gasteiger partial charge in [-0.15, -0.1) is 0 Å². The van der Waals surface area contributed by atoms with Crippen LogP contribution in [0.1, 0.15) is 41.0 Å². The molecule has 0 N–H and O–H groups in total. The summed E-state index contributed by atoms with van der Waals surface area (Å²) in [5, 5.41) is 9.38. The SMILES string of the molecule is COC(=O)[C@@H](C[C@@H](C#N)O[Si](C)(C)C(C)(C)C)C(C)C. The van der Waals surface area contributed by atoms with E-state index in [-0.39, 0.29) is 22.8 Å². The number of nitrogens with zero attached hydrogens (tertiary/aromatic N) is 1. The monoisotopic (exact) mass is 299 g/mol. The Balaban J connectivity index is 4.95. The van der Waals surface area contributed by atoms with Gasteiger partial charge >= 0.3 is 5.97 Å². The molecular weight excluding hydrogens is 270 g/mol. The third-order valence-corrected chi connectivity index (χ3v) is 8.65. The molecule has 0 aromatic carbocycles. The van der Waals surface area contributed by atoms with Crippen LogP contribution in [0.25, 0.3) is 0 Å². The molecule has 0 unspecified atom stereocenters. The van der Waals surface area contributed by atoms with Crippen molar-refractivity contribution in [3.63, 3.8) is 0 Å². The quantitative estimate of drug-likeness (QED) is 0.554. The number of methoxy groups -OCH3 is 1. The van der Waals surface area contributed by atoms with Crippen molar-refractivity contribution in [3.8, 4) is 6.07 Å². The Kier molecular flexibility index (Phi) is 6.92. The van der Waals surface area contributed by atoms with Crippen LogP contribution in [0.5, 0.6) is 0 Å². The summed E-state index contributed by atoms with van der Waals surface area (Å²) in [7, 11) is -0.627. The van der Waals surface area contributed by atoms with Crippen LogP contribution in [0.2, 0.25) is 18.1 Å². The average Bonchev–Trinajstić information content (AvgIpc) is 2.31. The van der Waals surface area contributed by atoms with Crippen LogP contribution in [0.4, 0.5) is 0 Å². The summed E-state index contributed by atoms with van der Waals surface area (Å²) in [5.74, 6) is -0.435. The smallest absolute Gasteiger partial charge is 0.309 e.